The molecule has 80 valence electrons. The van der Waals surface area contributed by atoms with Gasteiger partial charge in [0.15, 0.2) is 0 Å². The number of hydrogen-bond donors (Lipinski definition) is 1. The fraction of sp³-hybridized carbons (Fsp3) is 0.385. The summed E-state index contributed by atoms with van der Waals surface area (Å²) in [4.78, 5) is 0. The van der Waals surface area contributed by atoms with E-state index in [-0.39, 0.29) is 0 Å². The van der Waals surface area contributed by atoms with Gasteiger partial charge in [-0.05, 0) is 49.0 Å². The predicted octanol–water partition coefficient (Wildman–Crippen LogP) is 4.60. The summed E-state index contributed by atoms with van der Waals surface area (Å²) >= 11 is 10.3. The van der Waals surface area contributed by atoms with Crippen LogP contribution in [-0.4, -0.2) is 5.75 Å². The Kier molecular flexibility index (Phi) is 3.76. The molecular formula is C13H15ClS. The van der Waals surface area contributed by atoms with Crippen molar-refractivity contribution in [1.29, 1.82) is 0 Å². The monoisotopic (exact) mass is 238 g/mol. The first kappa shape index (κ1) is 11.1. The number of thiol groups is 1. The Morgan fingerprint density at radius 2 is 1.73 bits per heavy atom. The molecule has 0 unspecified atom stereocenters. The van der Waals surface area contributed by atoms with Gasteiger partial charge in [0.25, 0.3) is 0 Å². The molecule has 15 heavy (non-hydrogen) atoms. The SMILES string of the molecule is SCC1=C(c2ccc(Cl)cc2)CCCC1. The molecule has 1 aliphatic rings. The minimum atomic E-state index is 0.808. The second-order valence-corrected chi connectivity index (χ2v) is 4.71. The van der Waals surface area contributed by atoms with E-state index in [1.165, 1.54) is 42.4 Å². The summed E-state index contributed by atoms with van der Waals surface area (Å²) in [6, 6.07) is 8.17. The zero-order valence-electron chi connectivity index (χ0n) is 8.67. The van der Waals surface area contributed by atoms with Crippen LogP contribution in [0, 0.1) is 0 Å². The minimum Gasteiger partial charge on any atom is -0.175 e. The highest BCUT2D eigenvalue weighted by molar-refractivity contribution is 7.80. The molecule has 0 heterocycles. The molecule has 0 bridgehead atoms. The summed E-state index contributed by atoms with van der Waals surface area (Å²) in [5.41, 5.74) is 4.32. The van der Waals surface area contributed by atoms with E-state index in [0.717, 1.165) is 10.8 Å². The summed E-state index contributed by atoms with van der Waals surface area (Å²) in [6.45, 7) is 0. The predicted molar refractivity (Wildman–Crippen MR) is 70.7 cm³/mol. The van der Waals surface area contributed by atoms with Crippen LogP contribution in [0.15, 0.2) is 29.8 Å². The van der Waals surface area contributed by atoms with Crippen LogP contribution in [0.1, 0.15) is 31.2 Å². The first-order valence-electron chi connectivity index (χ1n) is 5.39. The van der Waals surface area contributed by atoms with E-state index in [1.807, 2.05) is 12.1 Å². The lowest BCUT2D eigenvalue weighted by atomic mass is 9.88. The zero-order valence-corrected chi connectivity index (χ0v) is 10.3. The van der Waals surface area contributed by atoms with Crippen molar-refractivity contribution in [3.8, 4) is 0 Å². The van der Waals surface area contributed by atoms with Crippen LogP contribution in [0.3, 0.4) is 0 Å². The van der Waals surface area contributed by atoms with Gasteiger partial charge in [0.2, 0.25) is 0 Å². The molecule has 0 aliphatic heterocycles. The first-order valence-corrected chi connectivity index (χ1v) is 6.40. The van der Waals surface area contributed by atoms with Gasteiger partial charge < -0.3 is 0 Å². The van der Waals surface area contributed by atoms with E-state index in [9.17, 15) is 0 Å². The molecule has 0 radical (unpaired) electrons. The molecule has 1 aromatic carbocycles. The summed E-state index contributed by atoms with van der Waals surface area (Å²) in [5.74, 6) is 0.887. The van der Waals surface area contributed by atoms with E-state index >= 15 is 0 Å². The molecule has 0 amide bonds. The van der Waals surface area contributed by atoms with Crippen LogP contribution in [0.2, 0.25) is 5.02 Å². The topological polar surface area (TPSA) is 0 Å². The van der Waals surface area contributed by atoms with Crippen molar-refractivity contribution < 1.29 is 0 Å². The average molecular weight is 239 g/mol. The van der Waals surface area contributed by atoms with Crippen LogP contribution in [0.5, 0.6) is 0 Å². The smallest absolute Gasteiger partial charge is 0.0406 e. The standard InChI is InChI=1S/C13H15ClS/c14-12-7-5-10(6-8-12)13-4-2-1-3-11(13)9-15/h5-8,15H,1-4,9H2. The molecule has 0 saturated heterocycles. The largest absolute Gasteiger partial charge is 0.175 e. The van der Waals surface area contributed by atoms with Crippen molar-refractivity contribution in [1.82, 2.24) is 0 Å². The molecule has 0 fully saturated rings. The van der Waals surface area contributed by atoms with Crippen molar-refractivity contribution in [2.45, 2.75) is 25.7 Å². The lowest BCUT2D eigenvalue weighted by Crippen LogP contribution is -2.00. The third-order valence-corrected chi connectivity index (χ3v) is 3.60. The van der Waals surface area contributed by atoms with Gasteiger partial charge in [-0.25, -0.2) is 0 Å². The fourth-order valence-corrected chi connectivity index (χ4v) is 2.62. The molecule has 0 N–H and O–H groups in total. The van der Waals surface area contributed by atoms with Gasteiger partial charge in [0, 0.05) is 10.8 Å². The molecule has 2 rings (SSSR count). The Labute approximate surface area is 102 Å². The van der Waals surface area contributed by atoms with Gasteiger partial charge in [-0.1, -0.05) is 29.3 Å². The molecule has 1 aromatic rings. The fourth-order valence-electron chi connectivity index (χ4n) is 2.14. The number of rotatable bonds is 2. The van der Waals surface area contributed by atoms with Gasteiger partial charge in [-0.15, -0.1) is 0 Å². The maximum atomic E-state index is 5.89. The van der Waals surface area contributed by atoms with E-state index < -0.39 is 0 Å². The van der Waals surface area contributed by atoms with Crippen LogP contribution in [0.4, 0.5) is 0 Å². The Hall–Kier alpha value is -0.400. The summed E-state index contributed by atoms with van der Waals surface area (Å²) in [5, 5.41) is 0.808. The zero-order chi connectivity index (χ0) is 10.7. The molecule has 0 spiro atoms. The van der Waals surface area contributed by atoms with Gasteiger partial charge in [-0.3, -0.25) is 0 Å². The highest BCUT2D eigenvalue weighted by Gasteiger charge is 2.12. The van der Waals surface area contributed by atoms with Crippen LogP contribution in [-0.2, 0) is 0 Å². The molecule has 0 atom stereocenters. The molecule has 0 aromatic heterocycles. The number of hydrogen-bond acceptors (Lipinski definition) is 1. The normalized spacial score (nSPS) is 16.9. The van der Waals surface area contributed by atoms with E-state index in [2.05, 4.69) is 24.8 Å². The van der Waals surface area contributed by atoms with Gasteiger partial charge in [-0.2, -0.15) is 12.6 Å². The van der Waals surface area contributed by atoms with Gasteiger partial charge in [0.1, 0.15) is 0 Å². The third kappa shape index (κ3) is 2.59. The highest BCUT2D eigenvalue weighted by Crippen LogP contribution is 2.33. The number of halogens is 1. The van der Waals surface area contributed by atoms with E-state index in [0.29, 0.717) is 0 Å². The van der Waals surface area contributed by atoms with E-state index in [4.69, 9.17) is 11.6 Å². The van der Waals surface area contributed by atoms with Crippen LogP contribution < -0.4 is 0 Å². The van der Waals surface area contributed by atoms with Crippen molar-refractivity contribution in [2.24, 2.45) is 0 Å². The van der Waals surface area contributed by atoms with Crippen molar-refractivity contribution >= 4 is 29.8 Å². The van der Waals surface area contributed by atoms with E-state index in [1.54, 1.807) is 0 Å². The second-order valence-electron chi connectivity index (χ2n) is 3.95. The Balaban J connectivity index is 2.35. The molecule has 0 saturated carbocycles. The van der Waals surface area contributed by atoms with Crippen molar-refractivity contribution in [3.63, 3.8) is 0 Å². The molecule has 1 aliphatic carbocycles. The van der Waals surface area contributed by atoms with Gasteiger partial charge >= 0.3 is 0 Å². The quantitative estimate of drug-likeness (QED) is 0.716. The van der Waals surface area contributed by atoms with Crippen LogP contribution in [0.25, 0.3) is 5.57 Å². The summed E-state index contributed by atoms with van der Waals surface area (Å²) < 4.78 is 0. The Morgan fingerprint density at radius 1 is 1.07 bits per heavy atom. The lowest BCUT2D eigenvalue weighted by molar-refractivity contribution is 0.716. The Bertz CT molecular complexity index is 365. The minimum absolute atomic E-state index is 0.808. The summed E-state index contributed by atoms with van der Waals surface area (Å²) in [6.07, 6.45) is 5.02. The summed E-state index contributed by atoms with van der Waals surface area (Å²) in [7, 11) is 0. The highest BCUT2D eigenvalue weighted by atomic mass is 35.5. The molecule has 2 heteroatoms. The van der Waals surface area contributed by atoms with Crippen molar-refractivity contribution in [2.75, 3.05) is 5.75 Å². The molecular weight excluding hydrogens is 224 g/mol. The number of benzene rings is 1. The second kappa shape index (κ2) is 5.09. The maximum absolute atomic E-state index is 5.89. The molecule has 0 nitrogen and oxygen atoms in total. The third-order valence-electron chi connectivity index (χ3n) is 2.97. The Morgan fingerprint density at radius 3 is 2.40 bits per heavy atom. The lowest BCUT2D eigenvalue weighted by Gasteiger charge is -2.19. The number of allylic oxidation sites excluding steroid dienone is 1. The maximum Gasteiger partial charge on any atom is 0.0406 e. The average Bonchev–Trinajstić information content (AvgIpc) is 2.30. The first-order chi connectivity index (χ1) is 7.31. The van der Waals surface area contributed by atoms with Crippen molar-refractivity contribution in [3.05, 3.63) is 40.4 Å². The van der Waals surface area contributed by atoms with Crippen LogP contribution >= 0.6 is 24.2 Å². The van der Waals surface area contributed by atoms with Gasteiger partial charge in [0.05, 0.1) is 0 Å².